The van der Waals surface area contributed by atoms with Gasteiger partial charge in [0.1, 0.15) is 11.6 Å². The molecule has 30 heavy (non-hydrogen) atoms. The van der Waals surface area contributed by atoms with E-state index < -0.39 is 5.82 Å². The van der Waals surface area contributed by atoms with Crippen molar-refractivity contribution < 1.29 is 9.18 Å². The molecule has 0 saturated heterocycles. The summed E-state index contributed by atoms with van der Waals surface area (Å²) in [6, 6.07) is 8.59. The van der Waals surface area contributed by atoms with Crippen molar-refractivity contribution in [3.8, 4) is 0 Å². The molecule has 158 valence electrons. The van der Waals surface area contributed by atoms with Gasteiger partial charge in [-0.25, -0.2) is 4.39 Å². The second-order valence-electron chi connectivity index (χ2n) is 7.28. The van der Waals surface area contributed by atoms with Crippen molar-refractivity contribution in [2.45, 2.75) is 49.7 Å². The molecule has 1 amide bonds. The fourth-order valence-corrected chi connectivity index (χ4v) is 5.41. The number of thioether (sulfide) groups is 1. The van der Waals surface area contributed by atoms with Crippen molar-refractivity contribution >= 4 is 46.3 Å². The van der Waals surface area contributed by atoms with Crippen LogP contribution in [-0.2, 0) is 11.2 Å². The predicted octanol–water partition coefficient (Wildman–Crippen LogP) is 5.96. The van der Waals surface area contributed by atoms with Crippen LogP contribution in [0.3, 0.4) is 0 Å². The number of thiophene rings is 1. The molecule has 3 aromatic rings. The topological polar surface area (TPSA) is 59.8 Å². The van der Waals surface area contributed by atoms with Gasteiger partial charge in [-0.05, 0) is 42.5 Å². The van der Waals surface area contributed by atoms with E-state index in [0.29, 0.717) is 11.1 Å². The van der Waals surface area contributed by atoms with Crippen LogP contribution >= 0.6 is 34.7 Å². The van der Waals surface area contributed by atoms with Gasteiger partial charge in [0.05, 0.1) is 11.4 Å². The lowest BCUT2D eigenvalue weighted by molar-refractivity contribution is -0.113. The summed E-state index contributed by atoms with van der Waals surface area (Å²) in [6.45, 7) is 0. The Morgan fingerprint density at radius 1 is 1.27 bits per heavy atom. The maximum Gasteiger partial charge on any atom is 0.234 e. The number of carbonyl (C=O) groups is 1. The van der Waals surface area contributed by atoms with Gasteiger partial charge < -0.3 is 9.88 Å². The standard InChI is InChI=1S/C21H22ClFN4OS2/c22-14-8-9-17(23)18(11-14)24-20(28)13-30-21-26-25-19(12-16-7-4-10-29-16)27(21)15-5-2-1-3-6-15/h4,7-11,15H,1-3,5-6,12-13H2,(H,24,28). The summed E-state index contributed by atoms with van der Waals surface area (Å²) in [5.74, 6) is 0.240. The highest BCUT2D eigenvalue weighted by Crippen LogP contribution is 2.33. The van der Waals surface area contributed by atoms with E-state index in [2.05, 4.69) is 31.5 Å². The van der Waals surface area contributed by atoms with E-state index >= 15 is 0 Å². The molecular formula is C21H22ClFN4OS2. The first kappa shape index (κ1) is 21.3. The van der Waals surface area contributed by atoms with Crippen molar-refractivity contribution in [1.82, 2.24) is 14.8 Å². The molecule has 0 bridgehead atoms. The molecule has 5 nitrogen and oxygen atoms in total. The molecule has 1 N–H and O–H groups in total. The van der Waals surface area contributed by atoms with Crippen molar-refractivity contribution in [2.75, 3.05) is 11.1 Å². The van der Waals surface area contributed by atoms with E-state index in [4.69, 9.17) is 11.6 Å². The second kappa shape index (κ2) is 9.94. The van der Waals surface area contributed by atoms with Crippen molar-refractivity contribution in [3.63, 3.8) is 0 Å². The van der Waals surface area contributed by atoms with E-state index in [1.54, 1.807) is 11.3 Å². The molecule has 1 aliphatic rings. The molecular weight excluding hydrogens is 443 g/mol. The minimum Gasteiger partial charge on any atom is -0.323 e. The third-order valence-electron chi connectivity index (χ3n) is 5.12. The van der Waals surface area contributed by atoms with Gasteiger partial charge >= 0.3 is 0 Å². The van der Waals surface area contributed by atoms with Crippen molar-refractivity contribution in [3.05, 3.63) is 57.3 Å². The normalized spacial score (nSPS) is 14.7. The van der Waals surface area contributed by atoms with Crippen molar-refractivity contribution in [1.29, 1.82) is 0 Å². The van der Waals surface area contributed by atoms with Crippen LogP contribution in [0.15, 0.2) is 40.9 Å². The highest BCUT2D eigenvalue weighted by atomic mass is 35.5. The Morgan fingerprint density at radius 2 is 2.10 bits per heavy atom. The summed E-state index contributed by atoms with van der Waals surface area (Å²) in [6.07, 6.45) is 6.59. The number of halogens is 2. The average Bonchev–Trinajstić information content (AvgIpc) is 3.40. The van der Waals surface area contributed by atoms with E-state index in [1.165, 1.54) is 54.1 Å². The first-order chi connectivity index (χ1) is 14.6. The molecule has 0 radical (unpaired) electrons. The quantitative estimate of drug-likeness (QED) is 0.438. The Labute approximate surface area is 188 Å². The van der Waals surface area contributed by atoms with Gasteiger partial charge in [-0.2, -0.15) is 0 Å². The van der Waals surface area contributed by atoms with Crippen LogP contribution in [-0.4, -0.2) is 26.4 Å². The fraction of sp³-hybridized carbons (Fsp3) is 0.381. The van der Waals surface area contributed by atoms with Crippen LogP contribution in [0.4, 0.5) is 10.1 Å². The largest absolute Gasteiger partial charge is 0.323 e. The van der Waals surface area contributed by atoms with Gasteiger partial charge in [0, 0.05) is 22.4 Å². The van der Waals surface area contributed by atoms with E-state index in [-0.39, 0.29) is 17.3 Å². The summed E-state index contributed by atoms with van der Waals surface area (Å²) < 4.78 is 16.1. The molecule has 4 rings (SSSR count). The molecule has 2 aromatic heterocycles. The number of nitrogens with one attached hydrogen (secondary N) is 1. The van der Waals surface area contributed by atoms with Crippen LogP contribution in [0.5, 0.6) is 0 Å². The van der Waals surface area contributed by atoms with Gasteiger partial charge in [-0.15, -0.1) is 21.5 Å². The molecule has 9 heteroatoms. The molecule has 2 heterocycles. The van der Waals surface area contributed by atoms with Crippen LogP contribution in [0.25, 0.3) is 0 Å². The number of aromatic nitrogens is 3. The summed E-state index contributed by atoms with van der Waals surface area (Å²) >= 11 is 8.94. The fourth-order valence-electron chi connectivity index (χ4n) is 3.71. The number of hydrogen-bond donors (Lipinski definition) is 1. The minimum atomic E-state index is -0.513. The maximum absolute atomic E-state index is 13.9. The smallest absolute Gasteiger partial charge is 0.234 e. The number of amides is 1. The van der Waals surface area contributed by atoms with Gasteiger partial charge in [-0.3, -0.25) is 4.79 Å². The van der Waals surface area contributed by atoms with E-state index in [9.17, 15) is 9.18 Å². The molecule has 0 atom stereocenters. The molecule has 1 fully saturated rings. The van der Waals surface area contributed by atoms with Gasteiger partial charge in [-0.1, -0.05) is 48.7 Å². The molecule has 1 aliphatic carbocycles. The van der Waals surface area contributed by atoms with Crippen LogP contribution in [0, 0.1) is 5.82 Å². The van der Waals surface area contributed by atoms with E-state index in [0.717, 1.165) is 30.2 Å². The Balaban J connectivity index is 1.48. The summed E-state index contributed by atoms with van der Waals surface area (Å²) in [5.41, 5.74) is 0.0835. The third kappa shape index (κ3) is 5.22. The molecule has 1 aromatic carbocycles. The molecule has 1 saturated carbocycles. The lowest BCUT2D eigenvalue weighted by atomic mass is 9.95. The number of benzene rings is 1. The van der Waals surface area contributed by atoms with Gasteiger partial charge in [0.25, 0.3) is 0 Å². The van der Waals surface area contributed by atoms with Gasteiger partial charge in [0.2, 0.25) is 5.91 Å². The van der Waals surface area contributed by atoms with E-state index in [1.807, 2.05) is 6.07 Å². The summed E-state index contributed by atoms with van der Waals surface area (Å²) in [5, 5.41) is 14.6. The Bertz CT molecular complexity index is 1000. The zero-order valence-electron chi connectivity index (χ0n) is 16.3. The number of nitrogens with zero attached hydrogens (tertiary/aromatic N) is 3. The Morgan fingerprint density at radius 3 is 2.87 bits per heavy atom. The number of anilines is 1. The lowest BCUT2D eigenvalue weighted by Crippen LogP contribution is -2.18. The van der Waals surface area contributed by atoms with Crippen LogP contribution in [0.2, 0.25) is 5.02 Å². The van der Waals surface area contributed by atoms with Gasteiger partial charge in [0.15, 0.2) is 5.16 Å². The first-order valence-corrected chi connectivity index (χ1v) is 12.2. The summed E-state index contributed by atoms with van der Waals surface area (Å²) in [7, 11) is 0. The zero-order chi connectivity index (χ0) is 20.9. The summed E-state index contributed by atoms with van der Waals surface area (Å²) in [4.78, 5) is 13.6. The average molecular weight is 465 g/mol. The Hall–Kier alpha value is -1.90. The first-order valence-electron chi connectivity index (χ1n) is 9.94. The highest BCUT2D eigenvalue weighted by Gasteiger charge is 2.24. The number of hydrogen-bond acceptors (Lipinski definition) is 5. The number of carbonyl (C=O) groups excluding carboxylic acids is 1. The predicted molar refractivity (Wildman–Crippen MR) is 120 cm³/mol. The highest BCUT2D eigenvalue weighted by molar-refractivity contribution is 7.99. The second-order valence-corrected chi connectivity index (χ2v) is 9.69. The minimum absolute atomic E-state index is 0.0835. The zero-order valence-corrected chi connectivity index (χ0v) is 18.7. The Kier molecular flexibility index (Phi) is 7.07. The molecule has 0 spiro atoms. The molecule has 0 aliphatic heterocycles. The van der Waals surface area contributed by atoms with Crippen molar-refractivity contribution in [2.24, 2.45) is 0 Å². The molecule has 0 unspecified atom stereocenters. The monoisotopic (exact) mass is 464 g/mol. The number of rotatable bonds is 7. The third-order valence-corrected chi connectivity index (χ3v) is 7.18. The SMILES string of the molecule is O=C(CSc1nnc(Cc2cccs2)n1C1CCCCC1)Nc1cc(Cl)ccc1F. The van der Waals surface area contributed by atoms with Crippen LogP contribution in [0.1, 0.15) is 48.8 Å². The lowest BCUT2D eigenvalue weighted by Gasteiger charge is -2.25. The maximum atomic E-state index is 13.9. The van der Waals surface area contributed by atoms with Crippen LogP contribution < -0.4 is 5.32 Å².